The second kappa shape index (κ2) is 6.42. The third kappa shape index (κ3) is 3.52. The molecule has 1 aliphatic rings. The Morgan fingerprint density at radius 1 is 1.32 bits per heavy atom. The fraction of sp³-hybridized carbons (Fsp3) is 0.529. The zero-order chi connectivity index (χ0) is 15.6. The molecule has 1 fully saturated rings. The van der Waals surface area contributed by atoms with Crippen LogP contribution in [0.2, 0.25) is 0 Å². The summed E-state index contributed by atoms with van der Waals surface area (Å²) in [4.78, 5) is 3.33. The molecule has 0 radical (unpaired) electrons. The summed E-state index contributed by atoms with van der Waals surface area (Å²) in [5.74, 6) is 0.455. The van der Waals surface area contributed by atoms with E-state index in [4.69, 9.17) is 0 Å². The first-order chi connectivity index (χ1) is 10.6. The summed E-state index contributed by atoms with van der Waals surface area (Å²) in [6.07, 6.45) is 6.22. The molecule has 1 aromatic heterocycles. The van der Waals surface area contributed by atoms with E-state index in [1.165, 1.54) is 23.8 Å². The highest BCUT2D eigenvalue weighted by atomic mass is 32.2. The molecule has 1 saturated heterocycles. The Balaban J connectivity index is 1.78. The molecule has 22 heavy (non-hydrogen) atoms. The standard InChI is InChI=1S/C17H24N2O2S/c1-2-22(20,21)9-7-13-5-6-17-16(10-13)14(12-19-17)11-15-4-3-8-18-15/h5-6,10,12,15,18-19H,2-4,7-9,11H2,1H3/t15-/m1/s1. The molecule has 0 amide bonds. The fourth-order valence-corrected chi connectivity index (χ4v) is 4.00. The Hall–Kier alpha value is -1.33. The first-order valence-electron chi connectivity index (χ1n) is 8.10. The van der Waals surface area contributed by atoms with Crippen molar-refractivity contribution in [2.75, 3.05) is 18.1 Å². The maximum absolute atomic E-state index is 11.7. The fourth-order valence-electron chi connectivity index (χ4n) is 3.16. The molecule has 1 aromatic carbocycles. The second-order valence-electron chi connectivity index (χ2n) is 6.18. The van der Waals surface area contributed by atoms with Crippen LogP contribution < -0.4 is 5.32 Å². The molecule has 1 aliphatic heterocycles. The molecule has 0 saturated carbocycles. The van der Waals surface area contributed by atoms with Gasteiger partial charge in [-0.3, -0.25) is 0 Å². The number of nitrogens with one attached hydrogen (secondary N) is 2. The van der Waals surface area contributed by atoms with Gasteiger partial charge in [-0.1, -0.05) is 13.0 Å². The zero-order valence-corrected chi connectivity index (χ0v) is 13.9. The van der Waals surface area contributed by atoms with Crippen LogP contribution in [0, 0.1) is 0 Å². The Bertz CT molecular complexity index is 743. The van der Waals surface area contributed by atoms with E-state index < -0.39 is 9.84 Å². The predicted molar refractivity (Wildman–Crippen MR) is 91.1 cm³/mol. The predicted octanol–water partition coefficient (Wildman–Crippen LogP) is 2.44. The molecule has 4 nitrogen and oxygen atoms in total. The topological polar surface area (TPSA) is 62.0 Å². The van der Waals surface area contributed by atoms with Gasteiger partial charge in [0, 0.05) is 28.9 Å². The van der Waals surface area contributed by atoms with E-state index >= 15 is 0 Å². The molecule has 2 aromatic rings. The van der Waals surface area contributed by atoms with Crippen LogP contribution in [0.4, 0.5) is 0 Å². The summed E-state index contributed by atoms with van der Waals surface area (Å²) >= 11 is 0. The van der Waals surface area contributed by atoms with E-state index in [0.717, 1.165) is 24.0 Å². The maximum atomic E-state index is 11.7. The van der Waals surface area contributed by atoms with E-state index in [1.54, 1.807) is 6.92 Å². The molecule has 1 atom stereocenters. The average Bonchev–Trinajstić information content (AvgIpc) is 3.16. The smallest absolute Gasteiger partial charge is 0.150 e. The number of hydrogen-bond acceptors (Lipinski definition) is 3. The minimum Gasteiger partial charge on any atom is -0.361 e. The van der Waals surface area contributed by atoms with Crippen LogP contribution in [-0.4, -0.2) is 37.5 Å². The van der Waals surface area contributed by atoms with E-state index in [9.17, 15) is 8.42 Å². The lowest BCUT2D eigenvalue weighted by molar-refractivity contribution is 0.596. The number of aromatic amines is 1. The monoisotopic (exact) mass is 320 g/mol. The summed E-state index contributed by atoms with van der Waals surface area (Å²) in [5, 5.41) is 4.77. The molecule has 0 spiro atoms. The van der Waals surface area contributed by atoms with Crippen LogP contribution in [0.15, 0.2) is 24.4 Å². The highest BCUT2D eigenvalue weighted by Crippen LogP contribution is 2.23. The maximum Gasteiger partial charge on any atom is 0.150 e. The van der Waals surface area contributed by atoms with Crippen molar-refractivity contribution in [1.29, 1.82) is 0 Å². The summed E-state index contributed by atoms with van der Waals surface area (Å²) in [7, 11) is -2.90. The largest absolute Gasteiger partial charge is 0.361 e. The average molecular weight is 320 g/mol. The van der Waals surface area contributed by atoms with Crippen molar-refractivity contribution < 1.29 is 8.42 Å². The quantitative estimate of drug-likeness (QED) is 0.859. The zero-order valence-electron chi connectivity index (χ0n) is 13.1. The molecular formula is C17H24N2O2S. The van der Waals surface area contributed by atoms with Gasteiger partial charge in [-0.05, 0) is 55.5 Å². The molecule has 0 unspecified atom stereocenters. The van der Waals surface area contributed by atoms with Gasteiger partial charge in [0.1, 0.15) is 9.84 Å². The van der Waals surface area contributed by atoms with Gasteiger partial charge in [-0.25, -0.2) is 8.42 Å². The van der Waals surface area contributed by atoms with Gasteiger partial charge < -0.3 is 10.3 Å². The second-order valence-corrected chi connectivity index (χ2v) is 8.65. The highest BCUT2D eigenvalue weighted by molar-refractivity contribution is 7.91. The third-order valence-electron chi connectivity index (χ3n) is 4.60. The number of benzene rings is 1. The van der Waals surface area contributed by atoms with E-state index in [0.29, 0.717) is 12.5 Å². The Morgan fingerprint density at radius 2 is 2.18 bits per heavy atom. The lowest BCUT2D eigenvalue weighted by atomic mass is 10.0. The van der Waals surface area contributed by atoms with Gasteiger partial charge >= 0.3 is 0 Å². The molecule has 2 heterocycles. The number of sulfone groups is 1. The normalized spacial score (nSPS) is 19.0. The van der Waals surface area contributed by atoms with Gasteiger partial charge in [-0.2, -0.15) is 0 Å². The van der Waals surface area contributed by atoms with E-state index in [1.807, 2.05) is 6.07 Å². The SMILES string of the molecule is CCS(=O)(=O)CCc1ccc2[nH]cc(C[C@H]3CCCN3)c2c1. The van der Waals surface area contributed by atoms with Crippen molar-refractivity contribution >= 4 is 20.7 Å². The van der Waals surface area contributed by atoms with Crippen LogP contribution in [0.1, 0.15) is 30.9 Å². The first-order valence-corrected chi connectivity index (χ1v) is 9.92. The van der Waals surface area contributed by atoms with Gasteiger partial charge in [-0.15, -0.1) is 0 Å². The number of aryl methyl sites for hydroxylation is 1. The summed E-state index contributed by atoms with van der Waals surface area (Å²) in [5.41, 5.74) is 3.56. The summed E-state index contributed by atoms with van der Waals surface area (Å²) in [6, 6.07) is 6.82. The molecule has 2 N–H and O–H groups in total. The van der Waals surface area contributed by atoms with Crippen molar-refractivity contribution in [3.05, 3.63) is 35.5 Å². The molecule has 0 aliphatic carbocycles. The summed E-state index contributed by atoms with van der Waals surface area (Å²) in [6.45, 7) is 2.82. The lowest BCUT2D eigenvalue weighted by Gasteiger charge is -2.09. The number of fused-ring (bicyclic) bond motifs is 1. The highest BCUT2D eigenvalue weighted by Gasteiger charge is 2.16. The van der Waals surface area contributed by atoms with Gasteiger partial charge in [0.25, 0.3) is 0 Å². The Kier molecular flexibility index (Phi) is 4.54. The molecule has 3 rings (SSSR count). The number of aromatic nitrogens is 1. The summed E-state index contributed by atoms with van der Waals surface area (Å²) < 4.78 is 23.3. The number of rotatable bonds is 6. The number of H-pyrrole nitrogens is 1. The van der Waals surface area contributed by atoms with Gasteiger partial charge in [0.05, 0.1) is 5.75 Å². The molecule has 120 valence electrons. The van der Waals surface area contributed by atoms with E-state index in [-0.39, 0.29) is 11.5 Å². The first kappa shape index (κ1) is 15.6. The van der Waals surface area contributed by atoms with Crippen molar-refractivity contribution in [3.8, 4) is 0 Å². The minimum atomic E-state index is -2.90. The Labute approximate surface area is 132 Å². The van der Waals surface area contributed by atoms with Gasteiger partial charge in [0.15, 0.2) is 0 Å². The number of hydrogen-bond donors (Lipinski definition) is 2. The van der Waals surface area contributed by atoms with E-state index in [2.05, 4.69) is 28.6 Å². The van der Waals surface area contributed by atoms with Gasteiger partial charge in [0.2, 0.25) is 0 Å². The van der Waals surface area contributed by atoms with Crippen molar-refractivity contribution in [2.24, 2.45) is 0 Å². The van der Waals surface area contributed by atoms with Crippen molar-refractivity contribution in [3.63, 3.8) is 0 Å². The molecule has 5 heteroatoms. The van der Waals surface area contributed by atoms with Crippen LogP contribution in [-0.2, 0) is 22.7 Å². The van der Waals surface area contributed by atoms with Crippen LogP contribution in [0.5, 0.6) is 0 Å². The van der Waals surface area contributed by atoms with Crippen molar-refractivity contribution in [1.82, 2.24) is 10.3 Å². The third-order valence-corrected chi connectivity index (χ3v) is 6.31. The van der Waals surface area contributed by atoms with Crippen LogP contribution in [0.3, 0.4) is 0 Å². The van der Waals surface area contributed by atoms with Crippen LogP contribution >= 0.6 is 0 Å². The Morgan fingerprint density at radius 3 is 2.91 bits per heavy atom. The van der Waals surface area contributed by atoms with Crippen molar-refractivity contribution in [2.45, 2.75) is 38.6 Å². The van der Waals surface area contributed by atoms with Crippen LogP contribution in [0.25, 0.3) is 10.9 Å². The lowest BCUT2D eigenvalue weighted by Crippen LogP contribution is -2.23. The molecule has 0 bridgehead atoms. The minimum absolute atomic E-state index is 0.220. The molecular weight excluding hydrogens is 296 g/mol.